The number of benzene rings is 2. The molecule has 0 amide bonds. The lowest BCUT2D eigenvalue weighted by Crippen LogP contribution is -2.29. The second-order valence-corrected chi connectivity index (χ2v) is 8.88. The lowest BCUT2D eigenvalue weighted by molar-refractivity contribution is 0.221. The third kappa shape index (κ3) is 4.82. The van der Waals surface area contributed by atoms with Gasteiger partial charge in [-0.3, -0.25) is 9.62 Å². The molecule has 0 spiro atoms. The zero-order valence-corrected chi connectivity index (χ0v) is 17.1. The van der Waals surface area contributed by atoms with Crippen LogP contribution in [0.4, 0.5) is 5.69 Å². The molecule has 146 valence electrons. The summed E-state index contributed by atoms with van der Waals surface area (Å²) in [5, 5.41) is 0. The number of likely N-dealkylation sites (tertiary alicyclic amines) is 1. The predicted octanol–water partition coefficient (Wildman–Crippen LogP) is 4.10. The van der Waals surface area contributed by atoms with E-state index in [0.717, 1.165) is 30.8 Å². The van der Waals surface area contributed by atoms with Gasteiger partial charge in [-0.05, 0) is 80.7 Å². The molecule has 6 heteroatoms. The topological polar surface area (TPSA) is 58.6 Å². The van der Waals surface area contributed by atoms with Gasteiger partial charge in [-0.15, -0.1) is 0 Å². The lowest BCUT2D eigenvalue weighted by atomic mass is 10.1. The van der Waals surface area contributed by atoms with E-state index >= 15 is 0 Å². The van der Waals surface area contributed by atoms with E-state index in [1.54, 1.807) is 12.1 Å². The Balaban J connectivity index is 1.75. The minimum Gasteiger partial charge on any atom is -0.495 e. The van der Waals surface area contributed by atoms with Crippen molar-refractivity contribution < 1.29 is 13.2 Å². The number of methoxy groups -OCH3 is 1. The summed E-state index contributed by atoms with van der Waals surface area (Å²) in [4.78, 5) is 2.60. The van der Waals surface area contributed by atoms with Crippen LogP contribution < -0.4 is 9.46 Å². The zero-order valence-electron chi connectivity index (χ0n) is 16.3. The Morgan fingerprint density at radius 1 is 1.00 bits per heavy atom. The number of anilines is 1. The van der Waals surface area contributed by atoms with Crippen molar-refractivity contribution >= 4 is 15.7 Å². The highest BCUT2D eigenvalue weighted by Crippen LogP contribution is 2.29. The van der Waals surface area contributed by atoms with E-state index in [-0.39, 0.29) is 4.90 Å². The molecule has 0 bridgehead atoms. The maximum absolute atomic E-state index is 12.8. The first-order valence-corrected chi connectivity index (χ1v) is 10.9. The summed E-state index contributed by atoms with van der Waals surface area (Å²) in [5.41, 5.74) is 3.65. The number of nitrogens with zero attached hydrogens (tertiary/aromatic N) is 1. The third-order valence-corrected chi connectivity index (χ3v) is 6.53. The summed E-state index contributed by atoms with van der Waals surface area (Å²) >= 11 is 0. The molecule has 3 rings (SSSR count). The van der Waals surface area contributed by atoms with Gasteiger partial charge in [0.2, 0.25) is 0 Å². The number of hydrogen-bond donors (Lipinski definition) is 1. The molecular weight excluding hydrogens is 360 g/mol. The number of piperidine rings is 1. The van der Waals surface area contributed by atoms with Gasteiger partial charge in [-0.1, -0.05) is 18.6 Å². The number of ether oxygens (including phenoxy) is 1. The number of aryl methyl sites for hydroxylation is 2. The van der Waals surface area contributed by atoms with Crippen LogP contribution in [0.3, 0.4) is 0 Å². The normalized spacial score (nSPS) is 15.5. The molecule has 1 aliphatic rings. The molecule has 0 radical (unpaired) electrons. The van der Waals surface area contributed by atoms with E-state index in [1.807, 2.05) is 38.1 Å². The molecule has 1 aliphatic heterocycles. The second-order valence-electron chi connectivity index (χ2n) is 7.23. The van der Waals surface area contributed by atoms with Gasteiger partial charge in [0.25, 0.3) is 10.0 Å². The van der Waals surface area contributed by atoms with Gasteiger partial charge in [-0.25, -0.2) is 8.42 Å². The largest absolute Gasteiger partial charge is 0.495 e. The van der Waals surface area contributed by atoms with Crippen LogP contribution in [-0.2, 0) is 16.6 Å². The van der Waals surface area contributed by atoms with Gasteiger partial charge in [-0.2, -0.15) is 0 Å². The first kappa shape index (κ1) is 19.7. The van der Waals surface area contributed by atoms with Crippen molar-refractivity contribution in [2.45, 2.75) is 44.6 Å². The van der Waals surface area contributed by atoms with Crippen LogP contribution in [-0.4, -0.2) is 33.5 Å². The molecule has 1 heterocycles. The monoisotopic (exact) mass is 388 g/mol. The van der Waals surface area contributed by atoms with E-state index in [4.69, 9.17) is 4.74 Å². The van der Waals surface area contributed by atoms with E-state index < -0.39 is 10.0 Å². The van der Waals surface area contributed by atoms with Crippen LogP contribution in [0.25, 0.3) is 0 Å². The van der Waals surface area contributed by atoms with E-state index in [2.05, 4.69) is 9.62 Å². The lowest BCUT2D eigenvalue weighted by Gasteiger charge is -2.26. The average molecular weight is 389 g/mol. The quantitative estimate of drug-likeness (QED) is 0.809. The minimum atomic E-state index is -3.72. The Morgan fingerprint density at radius 2 is 1.63 bits per heavy atom. The smallest absolute Gasteiger partial charge is 0.265 e. The van der Waals surface area contributed by atoms with Gasteiger partial charge in [0.05, 0.1) is 7.11 Å². The molecule has 1 fully saturated rings. The van der Waals surface area contributed by atoms with Crippen LogP contribution >= 0.6 is 0 Å². The molecule has 27 heavy (non-hydrogen) atoms. The maximum Gasteiger partial charge on any atom is 0.265 e. The van der Waals surface area contributed by atoms with Crippen LogP contribution in [0.5, 0.6) is 5.75 Å². The average Bonchev–Trinajstić information content (AvgIpc) is 2.65. The SMILES string of the molecule is COc1cc(C)c(C)cc1S(=O)(=O)Nc1ccc(CN2CCCCC2)cc1. The fourth-order valence-corrected chi connectivity index (χ4v) is 4.69. The Morgan fingerprint density at radius 3 is 2.26 bits per heavy atom. The van der Waals surface area contributed by atoms with E-state index in [9.17, 15) is 8.42 Å². The fraction of sp³-hybridized carbons (Fsp3) is 0.429. The molecule has 0 aromatic heterocycles. The summed E-state index contributed by atoms with van der Waals surface area (Å²) in [7, 11) is -2.24. The standard InChI is InChI=1S/C21H28N2O3S/c1-16-13-20(26-3)21(14-17(16)2)27(24,25)22-19-9-7-18(8-10-19)15-23-11-5-4-6-12-23/h7-10,13-14,22H,4-6,11-12,15H2,1-3H3. The van der Waals surface area contributed by atoms with Crippen molar-refractivity contribution in [3.05, 3.63) is 53.1 Å². The molecule has 2 aromatic carbocycles. The summed E-state index contributed by atoms with van der Waals surface area (Å²) in [6, 6.07) is 11.0. The van der Waals surface area contributed by atoms with Crippen LogP contribution in [0.15, 0.2) is 41.3 Å². The number of sulfonamides is 1. The number of nitrogens with one attached hydrogen (secondary N) is 1. The predicted molar refractivity (Wildman–Crippen MR) is 109 cm³/mol. The second kappa shape index (κ2) is 8.31. The van der Waals surface area contributed by atoms with Gasteiger partial charge >= 0.3 is 0 Å². The van der Waals surface area contributed by atoms with Gasteiger partial charge in [0.15, 0.2) is 0 Å². The highest BCUT2D eigenvalue weighted by atomic mass is 32.2. The Bertz CT molecular complexity index is 886. The summed E-state index contributed by atoms with van der Waals surface area (Å²) in [6.45, 7) is 7.02. The van der Waals surface area contributed by atoms with Gasteiger partial charge in [0, 0.05) is 12.2 Å². The number of rotatable bonds is 6. The van der Waals surface area contributed by atoms with E-state index in [0.29, 0.717) is 11.4 Å². The van der Waals surface area contributed by atoms with Crippen molar-refractivity contribution in [3.8, 4) is 5.75 Å². The molecule has 0 atom stereocenters. The highest BCUT2D eigenvalue weighted by molar-refractivity contribution is 7.92. The Hall–Kier alpha value is -2.05. The molecule has 1 N–H and O–H groups in total. The van der Waals surface area contributed by atoms with Crippen molar-refractivity contribution in [2.24, 2.45) is 0 Å². The fourth-order valence-electron chi connectivity index (χ4n) is 3.40. The molecule has 0 saturated carbocycles. The Kier molecular flexibility index (Phi) is 6.07. The zero-order chi connectivity index (χ0) is 19.4. The molecule has 1 saturated heterocycles. The van der Waals surface area contributed by atoms with E-state index in [1.165, 1.54) is 31.9 Å². The number of hydrogen-bond acceptors (Lipinski definition) is 4. The summed E-state index contributed by atoms with van der Waals surface area (Å²) < 4.78 is 33.6. The van der Waals surface area contributed by atoms with Crippen molar-refractivity contribution in [2.75, 3.05) is 24.9 Å². The molecule has 2 aromatic rings. The Labute approximate surface area is 162 Å². The van der Waals surface area contributed by atoms with Gasteiger partial charge in [0.1, 0.15) is 10.6 Å². The van der Waals surface area contributed by atoms with Crippen molar-refractivity contribution in [3.63, 3.8) is 0 Å². The summed E-state index contributed by atoms with van der Waals surface area (Å²) in [5.74, 6) is 0.354. The first-order valence-electron chi connectivity index (χ1n) is 9.38. The maximum atomic E-state index is 12.8. The minimum absolute atomic E-state index is 0.158. The van der Waals surface area contributed by atoms with Crippen LogP contribution in [0, 0.1) is 13.8 Å². The highest BCUT2D eigenvalue weighted by Gasteiger charge is 2.21. The molecule has 0 aliphatic carbocycles. The molecule has 0 unspecified atom stereocenters. The molecular formula is C21H28N2O3S. The first-order chi connectivity index (χ1) is 12.9. The molecule has 5 nitrogen and oxygen atoms in total. The third-order valence-electron chi connectivity index (χ3n) is 5.13. The van der Waals surface area contributed by atoms with Crippen molar-refractivity contribution in [1.29, 1.82) is 0 Å². The van der Waals surface area contributed by atoms with Crippen LogP contribution in [0.1, 0.15) is 36.0 Å². The summed E-state index contributed by atoms with van der Waals surface area (Å²) in [6.07, 6.45) is 3.84. The van der Waals surface area contributed by atoms with Crippen molar-refractivity contribution in [1.82, 2.24) is 4.90 Å². The van der Waals surface area contributed by atoms with Gasteiger partial charge < -0.3 is 4.74 Å². The van der Waals surface area contributed by atoms with Crippen LogP contribution in [0.2, 0.25) is 0 Å².